The zero-order valence-electron chi connectivity index (χ0n) is 16.2. The molecule has 1 aromatic heterocycles. The van der Waals surface area contributed by atoms with E-state index in [0.717, 1.165) is 5.56 Å². The number of hydrogen-bond donors (Lipinski definition) is 1. The largest absolute Gasteiger partial charge is 0.493 e. The predicted octanol–water partition coefficient (Wildman–Crippen LogP) is 2.21. The highest BCUT2D eigenvalue weighted by Gasteiger charge is 2.32. The van der Waals surface area contributed by atoms with E-state index >= 15 is 0 Å². The molecule has 2 aromatic rings. The van der Waals surface area contributed by atoms with Gasteiger partial charge in [0.1, 0.15) is 16.8 Å². The monoisotopic (exact) mass is 407 g/mol. The lowest BCUT2D eigenvalue weighted by Gasteiger charge is -2.27. The van der Waals surface area contributed by atoms with E-state index < -0.39 is 26.7 Å². The molecule has 152 valence electrons. The number of sulfone groups is 1. The molecule has 1 N–H and O–H groups in total. The molecule has 0 fully saturated rings. The predicted molar refractivity (Wildman–Crippen MR) is 102 cm³/mol. The number of hydrogen-bond acceptors (Lipinski definition) is 7. The van der Waals surface area contributed by atoms with Gasteiger partial charge in [0.2, 0.25) is 11.8 Å². The van der Waals surface area contributed by atoms with Crippen molar-refractivity contribution in [2.24, 2.45) is 5.92 Å². The summed E-state index contributed by atoms with van der Waals surface area (Å²) < 4.78 is 36.0. The van der Waals surface area contributed by atoms with Gasteiger partial charge in [0.15, 0.2) is 15.7 Å². The Labute approximate surface area is 164 Å². The van der Waals surface area contributed by atoms with Gasteiger partial charge in [-0.25, -0.2) is 8.42 Å². The molecule has 0 bridgehead atoms. The van der Waals surface area contributed by atoms with Gasteiger partial charge < -0.3 is 14.6 Å². The molecule has 0 spiro atoms. The Kier molecular flexibility index (Phi) is 6.02. The molecule has 28 heavy (non-hydrogen) atoms. The number of nitrogens with one attached hydrogen (secondary N) is 1. The number of ether oxygens (including phenoxy) is 1. The van der Waals surface area contributed by atoms with Gasteiger partial charge in [-0.2, -0.15) is 4.98 Å². The van der Waals surface area contributed by atoms with Crippen LogP contribution in [-0.4, -0.2) is 36.3 Å². The van der Waals surface area contributed by atoms with E-state index in [4.69, 9.17) is 9.26 Å². The van der Waals surface area contributed by atoms with Crippen LogP contribution in [0.3, 0.4) is 0 Å². The molecule has 3 rings (SSSR count). The van der Waals surface area contributed by atoms with Gasteiger partial charge in [-0.15, -0.1) is 0 Å². The molecule has 0 saturated heterocycles. The van der Waals surface area contributed by atoms with Crippen molar-refractivity contribution in [3.8, 4) is 5.75 Å². The molecule has 1 aliphatic rings. The van der Waals surface area contributed by atoms with Gasteiger partial charge in [-0.3, -0.25) is 4.79 Å². The highest BCUT2D eigenvalue weighted by atomic mass is 32.2. The Morgan fingerprint density at radius 1 is 1.29 bits per heavy atom. The Morgan fingerprint density at radius 3 is 2.79 bits per heavy atom. The quantitative estimate of drug-likeness (QED) is 0.749. The van der Waals surface area contributed by atoms with Crippen molar-refractivity contribution in [2.75, 3.05) is 6.61 Å². The van der Waals surface area contributed by atoms with E-state index in [0.29, 0.717) is 37.0 Å². The Morgan fingerprint density at radius 2 is 2.04 bits per heavy atom. The number of amides is 1. The third kappa shape index (κ3) is 4.70. The van der Waals surface area contributed by atoms with Crippen molar-refractivity contribution in [2.45, 2.75) is 50.7 Å². The van der Waals surface area contributed by atoms with Crippen molar-refractivity contribution in [3.05, 3.63) is 41.5 Å². The second-order valence-electron chi connectivity index (χ2n) is 7.39. The summed E-state index contributed by atoms with van der Waals surface area (Å²) in [4.78, 5) is 16.7. The molecule has 0 saturated carbocycles. The maximum Gasteiger partial charge on any atom is 0.238 e. The van der Waals surface area contributed by atoms with Crippen LogP contribution in [0.4, 0.5) is 0 Å². The molecule has 2 unspecified atom stereocenters. The molecule has 1 aromatic carbocycles. The summed E-state index contributed by atoms with van der Waals surface area (Å²) in [5.74, 6) is 0.513. The van der Waals surface area contributed by atoms with Crippen molar-refractivity contribution in [1.29, 1.82) is 0 Å². The first-order valence-electron chi connectivity index (χ1n) is 9.31. The van der Waals surface area contributed by atoms with Crippen LogP contribution in [0, 0.1) is 5.92 Å². The number of aromatic nitrogens is 2. The fourth-order valence-corrected chi connectivity index (χ4v) is 4.15. The van der Waals surface area contributed by atoms with Crippen molar-refractivity contribution in [3.63, 3.8) is 0 Å². The first kappa shape index (κ1) is 20.3. The fourth-order valence-electron chi connectivity index (χ4n) is 3.03. The maximum atomic E-state index is 12.7. The summed E-state index contributed by atoms with van der Waals surface area (Å²) in [5, 5.41) is 5.34. The van der Waals surface area contributed by atoms with E-state index in [-0.39, 0.29) is 11.9 Å². The number of carbonyl (C=O) groups excluding carboxylic acids is 1. The zero-order valence-corrected chi connectivity index (χ0v) is 17.0. The van der Waals surface area contributed by atoms with Crippen molar-refractivity contribution < 1.29 is 22.5 Å². The van der Waals surface area contributed by atoms with Crippen LogP contribution in [0.25, 0.3) is 0 Å². The van der Waals surface area contributed by atoms with Crippen LogP contribution in [0.2, 0.25) is 0 Å². The van der Waals surface area contributed by atoms with E-state index in [1.807, 2.05) is 38.1 Å². The lowest BCUT2D eigenvalue weighted by Crippen LogP contribution is -2.41. The van der Waals surface area contributed by atoms with Crippen molar-refractivity contribution >= 4 is 15.7 Å². The minimum absolute atomic E-state index is 0.0757. The van der Waals surface area contributed by atoms with Gasteiger partial charge in [0.25, 0.3) is 0 Å². The molecular formula is C19H25N3O5S. The summed E-state index contributed by atoms with van der Waals surface area (Å²) in [5.41, 5.74) is 0.850. The van der Waals surface area contributed by atoms with E-state index in [9.17, 15) is 13.2 Å². The Hall–Kier alpha value is -2.42. The summed E-state index contributed by atoms with van der Waals surface area (Å²) in [7, 11) is -3.78. The molecule has 9 heteroatoms. The first-order chi connectivity index (χ1) is 13.3. The summed E-state index contributed by atoms with van der Waals surface area (Å²) in [6.45, 7) is 5.85. The molecule has 0 radical (unpaired) electrons. The second-order valence-corrected chi connectivity index (χ2v) is 9.71. The molecular weight excluding hydrogens is 382 g/mol. The molecule has 2 atom stereocenters. The minimum atomic E-state index is -3.78. The Bertz CT molecular complexity index is 939. The number of rotatable bonds is 7. The minimum Gasteiger partial charge on any atom is -0.493 e. The number of benzene rings is 1. The van der Waals surface area contributed by atoms with Crippen LogP contribution >= 0.6 is 0 Å². The van der Waals surface area contributed by atoms with Gasteiger partial charge in [-0.1, -0.05) is 37.2 Å². The smallest absolute Gasteiger partial charge is 0.238 e. The lowest BCUT2D eigenvalue weighted by molar-refractivity contribution is -0.121. The summed E-state index contributed by atoms with van der Waals surface area (Å²) in [6, 6.07) is 7.14. The van der Waals surface area contributed by atoms with Gasteiger partial charge in [0, 0.05) is 18.4 Å². The van der Waals surface area contributed by atoms with Crippen molar-refractivity contribution in [1.82, 2.24) is 15.5 Å². The normalized spacial score (nSPS) is 17.6. The fraction of sp³-hybridized carbons (Fsp3) is 0.526. The number of carbonyl (C=O) groups is 1. The number of para-hydroxylation sites is 1. The van der Waals surface area contributed by atoms with E-state index in [1.54, 1.807) is 0 Å². The van der Waals surface area contributed by atoms with E-state index in [2.05, 4.69) is 15.5 Å². The topological polar surface area (TPSA) is 111 Å². The highest BCUT2D eigenvalue weighted by molar-refractivity contribution is 7.92. The van der Waals surface area contributed by atoms with Crippen LogP contribution in [0.5, 0.6) is 5.75 Å². The third-order valence-corrected chi connectivity index (χ3v) is 6.56. The number of nitrogens with zero attached hydrogens (tertiary/aromatic N) is 2. The number of fused-ring (bicyclic) bond motifs is 1. The van der Waals surface area contributed by atoms with Gasteiger partial charge in [0.05, 0.1) is 12.6 Å². The van der Waals surface area contributed by atoms with E-state index in [1.165, 1.54) is 6.92 Å². The SMILES string of the molecule is CC(C)Cc1nc(CS(=O)(=O)C(C)C(=O)NC2CCOc3ccccc32)no1. The lowest BCUT2D eigenvalue weighted by atomic mass is 10.0. The standard InChI is InChI=1S/C19H25N3O5S/c1-12(2)10-18-21-17(22-27-18)11-28(24,25)13(3)19(23)20-15-8-9-26-16-7-5-4-6-14(15)16/h4-7,12-13,15H,8-11H2,1-3H3,(H,20,23). The van der Waals surface area contributed by atoms with Crippen LogP contribution in [0.15, 0.2) is 28.8 Å². The third-order valence-electron chi connectivity index (χ3n) is 4.61. The second kappa shape index (κ2) is 8.30. The molecule has 1 aliphatic heterocycles. The zero-order chi connectivity index (χ0) is 20.3. The van der Waals surface area contributed by atoms with Crippen LogP contribution in [-0.2, 0) is 26.8 Å². The average Bonchev–Trinajstić information content (AvgIpc) is 3.06. The summed E-state index contributed by atoms with van der Waals surface area (Å²) in [6.07, 6.45) is 1.16. The van der Waals surface area contributed by atoms with Gasteiger partial charge in [-0.05, 0) is 18.9 Å². The van der Waals surface area contributed by atoms with Crippen LogP contribution in [0.1, 0.15) is 50.5 Å². The average molecular weight is 407 g/mol. The summed E-state index contributed by atoms with van der Waals surface area (Å²) >= 11 is 0. The van der Waals surface area contributed by atoms with Crippen LogP contribution < -0.4 is 10.1 Å². The molecule has 0 aliphatic carbocycles. The molecule has 2 heterocycles. The van der Waals surface area contributed by atoms with Gasteiger partial charge >= 0.3 is 0 Å². The highest BCUT2D eigenvalue weighted by Crippen LogP contribution is 2.31. The maximum absolute atomic E-state index is 12.7. The Balaban J connectivity index is 1.66. The first-order valence-corrected chi connectivity index (χ1v) is 11.0. The molecule has 1 amide bonds. The molecule has 8 nitrogen and oxygen atoms in total.